The van der Waals surface area contributed by atoms with Crippen LogP contribution in [-0.2, 0) is 4.74 Å². The molecule has 0 spiro atoms. The summed E-state index contributed by atoms with van der Waals surface area (Å²) in [6, 6.07) is 0. The van der Waals surface area contributed by atoms with Gasteiger partial charge in [0.1, 0.15) is 11.5 Å². The molecule has 21 heavy (non-hydrogen) atoms. The molecular formula is C14H23N5O2. The van der Waals surface area contributed by atoms with E-state index in [-0.39, 0.29) is 5.91 Å². The van der Waals surface area contributed by atoms with Gasteiger partial charge in [0, 0.05) is 39.6 Å². The zero-order valence-corrected chi connectivity index (χ0v) is 12.9. The Bertz CT molecular complexity index is 480. The molecule has 1 saturated heterocycles. The first-order valence-electron chi connectivity index (χ1n) is 7.10. The van der Waals surface area contributed by atoms with Gasteiger partial charge in [0.25, 0.3) is 5.91 Å². The molecule has 1 aromatic heterocycles. The third kappa shape index (κ3) is 4.64. The van der Waals surface area contributed by atoms with E-state index < -0.39 is 0 Å². The Morgan fingerprint density at radius 3 is 3.10 bits per heavy atom. The fraction of sp³-hybridized carbons (Fsp3) is 0.643. The van der Waals surface area contributed by atoms with Crippen LogP contribution in [0.2, 0.25) is 0 Å². The third-order valence-electron chi connectivity index (χ3n) is 3.37. The van der Waals surface area contributed by atoms with Crippen LogP contribution in [0.25, 0.3) is 0 Å². The fourth-order valence-corrected chi connectivity index (χ4v) is 2.21. The van der Waals surface area contributed by atoms with Crippen molar-refractivity contribution in [2.75, 3.05) is 59.3 Å². The topological polar surface area (TPSA) is 70.6 Å². The van der Waals surface area contributed by atoms with Crippen LogP contribution in [0.3, 0.4) is 0 Å². The number of carbonyl (C=O) groups excluding carboxylic acids is 1. The number of carbonyl (C=O) groups is 1. The van der Waals surface area contributed by atoms with Gasteiger partial charge in [0.2, 0.25) is 0 Å². The maximum atomic E-state index is 11.9. The second-order valence-electron chi connectivity index (χ2n) is 5.57. The number of likely N-dealkylation sites (N-methyl/N-ethyl adjacent to an activating group) is 1. The van der Waals surface area contributed by atoms with E-state index in [2.05, 4.69) is 27.2 Å². The predicted octanol–water partition coefficient (Wildman–Crippen LogP) is 0.169. The van der Waals surface area contributed by atoms with Crippen molar-refractivity contribution in [3.05, 3.63) is 18.1 Å². The molecule has 1 aromatic rings. The van der Waals surface area contributed by atoms with E-state index in [0.717, 1.165) is 32.8 Å². The maximum absolute atomic E-state index is 11.9. The van der Waals surface area contributed by atoms with Crippen LogP contribution in [0, 0.1) is 5.92 Å². The van der Waals surface area contributed by atoms with Gasteiger partial charge in [0.15, 0.2) is 0 Å². The van der Waals surface area contributed by atoms with E-state index in [1.165, 1.54) is 11.1 Å². The van der Waals surface area contributed by atoms with Crippen LogP contribution in [-0.4, -0.2) is 79.7 Å². The van der Waals surface area contributed by atoms with E-state index in [0.29, 0.717) is 17.4 Å². The minimum atomic E-state index is -0.149. The summed E-state index contributed by atoms with van der Waals surface area (Å²) in [4.78, 5) is 24.0. The summed E-state index contributed by atoms with van der Waals surface area (Å²) in [7, 11) is 5.49. The van der Waals surface area contributed by atoms with Gasteiger partial charge in [-0.05, 0) is 7.05 Å². The molecule has 0 bridgehead atoms. The molecule has 116 valence electrons. The van der Waals surface area contributed by atoms with Gasteiger partial charge in [0.05, 0.1) is 25.6 Å². The molecule has 1 N–H and O–H groups in total. The van der Waals surface area contributed by atoms with E-state index in [4.69, 9.17) is 4.74 Å². The first-order valence-corrected chi connectivity index (χ1v) is 7.10. The minimum Gasteiger partial charge on any atom is -0.380 e. The number of aromatic nitrogens is 2. The van der Waals surface area contributed by atoms with Crippen molar-refractivity contribution in [3.63, 3.8) is 0 Å². The summed E-state index contributed by atoms with van der Waals surface area (Å²) in [6.45, 7) is 4.21. The predicted molar refractivity (Wildman–Crippen MR) is 80.3 cm³/mol. The summed E-state index contributed by atoms with van der Waals surface area (Å²) >= 11 is 0. The van der Waals surface area contributed by atoms with Gasteiger partial charge >= 0.3 is 0 Å². The second-order valence-corrected chi connectivity index (χ2v) is 5.57. The van der Waals surface area contributed by atoms with Crippen LogP contribution in [0.15, 0.2) is 12.4 Å². The molecule has 0 aliphatic carbocycles. The van der Waals surface area contributed by atoms with Gasteiger partial charge in [-0.25, -0.2) is 4.98 Å². The molecule has 1 unspecified atom stereocenters. The summed E-state index contributed by atoms with van der Waals surface area (Å²) in [6.07, 6.45) is 3.11. The highest BCUT2D eigenvalue weighted by Crippen LogP contribution is 2.09. The second kappa shape index (κ2) is 7.33. The molecule has 1 aliphatic heterocycles. The first kappa shape index (κ1) is 15.7. The molecule has 0 aromatic carbocycles. The van der Waals surface area contributed by atoms with E-state index in [1.54, 1.807) is 20.3 Å². The Labute approximate surface area is 125 Å². The average molecular weight is 293 g/mol. The summed E-state index contributed by atoms with van der Waals surface area (Å²) in [5.41, 5.74) is 0.347. The Morgan fingerprint density at radius 2 is 2.33 bits per heavy atom. The van der Waals surface area contributed by atoms with Crippen molar-refractivity contribution in [1.82, 2.24) is 19.8 Å². The highest BCUT2D eigenvalue weighted by Gasteiger charge is 2.16. The van der Waals surface area contributed by atoms with Crippen LogP contribution < -0.4 is 5.32 Å². The van der Waals surface area contributed by atoms with Crippen LogP contribution in [0.5, 0.6) is 0 Å². The lowest BCUT2D eigenvalue weighted by atomic mass is 10.1. The quantitative estimate of drug-likeness (QED) is 0.853. The number of rotatable bonds is 4. The van der Waals surface area contributed by atoms with Crippen LogP contribution >= 0.6 is 0 Å². The van der Waals surface area contributed by atoms with Crippen molar-refractivity contribution in [1.29, 1.82) is 0 Å². The lowest BCUT2D eigenvalue weighted by Crippen LogP contribution is -2.30. The number of hydrogen-bond acceptors (Lipinski definition) is 6. The molecule has 7 heteroatoms. The Kier molecular flexibility index (Phi) is 5.46. The number of nitrogens with one attached hydrogen (secondary N) is 1. The lowest BCUT2D eigenvalue weighted by molar-refractivity contribution is 0.0821. The highest BCUT2D eigenvalue weighted by atomic mass is 16.5. The Morgan fingerprint density at radius 1 is 1.52 bits per heavy atom. The SMILES string of the molecule is CN1CCOCC(CNc2cncc(C(=O)N(C)C)n2)C1. The summed E-state index contributed by atoms with van der Waals surface area (Å²) in [5, 5.41) is 3.25. The Balaban J connectivity index is 1.93. The van der Waals surface area contributed by atoms with Gasteiger partial charge in [-0.15, -0.1) is 0 Å². The van der Waals surface area contributed by atoms with Gasteiger partial charge in [-0.1, -0.05) is 0 Å². The Hall–Kier alpha value is -1.73. The van der Waals surface area contributed by atoms with Crippen LogP contribution in [0.4, 0.5) is 5.82 Å². The number of hydrogen-bond donors (Lipinski definition) is 1. The van der Waals surface area contributed by atoms with Gasteiger partial charge < -0.3 is 19.9 Å². The summed E-state index contributed by atoms with van der Waals surface area (Å²) in [5.74, 6) is 0.866. The molecule has 1 fully saturated rings. The van der Waals surface area contributed by atoms with E-state index >= 15 is 0 Å². The molecule has 1 amide bonds. The summed E-state index contributed by atoms with van der Waals surface area (Å²) < 4.78 is 5.58. The molecular weight excluding hydrogens is 270 g/mol. The molecule has 2 rings (SSSR count). The lowest BCUT2D eigenvalue weighted by Gasteiger charge is -2.19. The van der Waals surface area contributed by atoms with Gasteiger partial charge in [-0.2, -0.15) is 0 Å². The minimum absolute atomic E-state index is 0.149. The van der Waals surface area contributed by atoms with Crippen molar-refractivity contribution in [2.24, 2.45) is 5.92 Å². The highest BCUT2D eigenvalue weighted by molar-refractivity contribution is 5.91. The van der Waals surface area contributed by atoms with Crippen molar-refractivity contribution < 1.29 is 9.53 Å². The number of anilines is 1. The third-order valence-corrected chi connectivity index (χ3v) is 3.37. The number of amides is 1. The molecule has 0 saturated carbocycles. The largest absolute Gasteiger partial charge is 0.380 e. The normalized spacial score (nSPS) is 19.9. The monoisotopic (exact) mass is 293 g/mol. The molecule has 1 aliphatic rings. The number of nitrogens with zero attached hydrogens (tertiary/aromatic N) is 4. The van der Waals surface area contributed by atoms with Crippen molar-refractivity contribution in [2.45, 2.75) is 0 Å². The zero-order chi connectivity index (χ0) is 15.2. The smallest absolute Gasteiger partial charge is 0.273 e. The van der Waals surface area contributed by atoms with Crippen molar-refractivity contribution in [3.8, 4) is 0 Å². The molecule has 2 heterocycles. The van der Waals surface area contributed by atoms with E-state index in [9.17, 15) is 4.79 Å². The van der Waals surface area contributed by atoms with Crippen molar-refractivity contribution >= 4 is 11.7 Å². The standard InChI is InChI=1S/C14H23N5O2/c1-18(2)14(20)12-7-15-8-13(17-12)16-6-11-9-19(3)4-5-21-10-11/h7-8,11H,4-6,9-10H2,1-3H3,(H,16,17). The first-order chi connectivity index (χ1) is 10.1. The molecule has 7 nitrogen and oxygen atoms in total. The fourth-order valence-electron chi connectivity index (χ4n) is 2.21. The number of ether oxygens (including phenoxy) is 1. The average Bonchev–Trinajstić information content (AvgIpc) is 2.68. The maximum Gasteiger partial charge on any atom is 0.273 e. The van der Waals surface area contributed by atoms with Gasteiger partial charge in [-0.3, -0.25) is 9.78 Å². The molecule has 1 atom stereocenters. The molecule has 0 radical (unpaired) electrons. The van der Waals surface area contributed by atoms with E-state index in [1.807, 2.05) is 0 Å². The zero-order valence-electron chi connectivity index (χ0n) is 12.9. The van der Waals surface area contributed by atoms with Crippen LogP contribution in [0.1, 0.15) is 10.5 Å².